The van der Waals surface area contributed by atoms with Crippen molar-refractivity contribution in [3.8, 4) is 6.07 Å². The highest BCUT2D eigenvalue weighted by molar-refractivity contribution is 7.09. The number of hydrogen-bond acceptors (Lipinski definition) is 5. The molecule has 2 aromatic heterocycles. The number of pyridine rings is 1. The predicted molar refractivity (Wildman–Crippen MR) is 84.7 cm³/mol. The molecule has 1 saturated heterocycles. The molecule has 1 atom stereocenters. The minimum Gasteiger partial charge on any atom is -0.356 e. The molecule has 0 spiro atoms. The zero-order valence-electron chi connectivity index (χ0n) is 12.3. The van der Waals surface area contributed by atoms with E-state index in [1.54, 1.807) is 11.3 Å². The molecule has 2 aromatic rings. The first-order chi connectivity index (χ1) is 10.2. The average molecular weight is 298 g/mol. The highest BCUT2D eigenvalue weighted by Gasteiger charge is 2.24. The van der Waals surface area contributed by atoms with Crippen LogP contribution in [0.5, 0.6) is 0 Å². The van der Waals surface area contributed by atoms with Gasteiger partial charge in [0.2, 0.25) is 0 Å². The van der Waals surface area contributed by atoms with Crippen molar-refractivity contribution in [3.63, 3.8) is 0 Å². The van der Waals surface area contributed by atoms with Crippen LogP contribution in [-0.2, 0) is 0 Å². The van der Waals surface area contributed by atoms with Crippen LogP contribution in [0.1, 0.15) is 40.7 Å². The van der Waals surface area contributed by atoms with Crippen molar-refractivity contribution < 1.29 is 0 Å². The summed E-state index contributed by atoms with van der Waals surface area (Å²) in [5.74, 6) is 1.39. The molecule has 0 aromatic carbocycles. The summed E-state index contributed by atoms with van der Waals surface area (Å²) in [5.41, 5.74) is 2.57. The Morgan fingerprint density at radius 2 is 2.19 bits per heavy atom. The van der Waals surface area contributed by atoms with Crippen molar-refractivity contribution in [2.75, 3.05) is 18.0 Å². The molecule has 1 aliphatic rings. The molecule has 21 heavy (non-hydrogen) atoms. The summed E-state index contributed by atoms with van der Waals surface area (Å²) < 4.78 is 0. The molecule has 3 rings (SSSR count). The minimum absolute atomic E-state index is 0.478. The Hall–Kier alpha value is -1.93. The van der Waals surface area contributed by atoms with Gasteiger partial charge in [-0.3, -0.25) is 0 Å². The van der Waals surface area contributed by atoms with E-state index >= 15 is 0 Å². The first kappa shape index (κ1) is 14.0. The molecule has 0 aliphatic carbocycles. The van der Waals surface area contributed by atoms with Crippen LogP contribution in [-0.4, -0.2) is 23.1 Å². The third-order valence-corrected chi connectivity index (χ3v) is 5.04. The lowest BCUT2D eigenvalue weighted by atomic mass is 9.98. The number of piperidine rings is 1. The number of nitriles is 1. The average Bonchev–Trinajstić information content (AvgIpc) is 2.94. The molecule has 0 amide bonds. The quantitative estimate of drug-likeness (QED) is 0.852. The van der Waals surface area contributed by atoms with Gasteiger partial charge in [0, 0.05) is 30.1 Å². The molecular weight excluding hydrogens is 280 g/mol. The van der Waals surface area contributed by atoms with Gasteiger partial charge < -0.3 is 4.90 Å². The minimum atomic E-state index is 0.478. The predicted octanol–water partition coefficient (Wildman–Crippen LogP) is 3.41. The van der Waals surface area contributed by atoms with Gasteiger partial charge in [0.05, 0.1) is 5.01 Å². The number of nitrogens with zero attached hydrogens (tertiary/aromatic N) is 4. The van der Waals surface area contributed by atoms with E-state index in [9.17, 15) is 0 Å². The number of anilines is 1. The largest absolute Gasteiger partial charge is 0.356 e. The van der Waals surface area contributed by atoms with E-state index in [2.05, 4.69) is 26.3 Å². The lowest BCUT2D eigenvalue weighted by Crippen LogP contribution is -2.35. The molecule has 4 nitrogen and oxygen atoms in total. The van der Waals surface area contributed by atoms with E-state index in [4.69, 9.17) is 5.26 Å². The fourth-order valence-corrected chi connectivity index (χ4v) is 3.68. The summed E-state index contributed by atoms with van der Waals surface area (Å²) in [6, 6.07) is 6.18. The van der Waals surface area contributed by atoms with E-state index in [1.165, 1.54) is 11.4 Å². The van der Waals surface area contributed by atoms with Crippen LogP contribution in [0.4, 0.5) is 5.82 Å². The number of aromatic nitrogens is 2. The lowest BCUT2D eigenvalue weighted by molar-refractivity contribution is 0.505. The molecule has 0 bridgehead atoms. The fourth-order valence-electron chi connectivity index (χ4n) is 2.75. The van der Waals surface area contributed by atoms with Crippen molar-refractivity contribution in [2.24, 2.45) is 0 Å². The summed E-state index contributed by atoms with van der Waals surface area (Å²) in [6.45, 7) is 5.91. The van der Waals surface area contributed by atoms with Crippen LogP contribution in [0.25, 0.3) is 0 Å². The summed E-state index contributed by atoms with van der Waals surface area (Å²) in [4.78, 5) is 11.4. The Labute approximate surface area is 129 Å². The zero-order chi connectivity index (χ0) is 14.8. The van der Waals surface area contributed by atoms with Crippen LogP contribution < -0.4 is 4.90 Å². The van der Waals surface area contributed by atoms with Gasteiger partial charge in [-0.2, -0.15) is 5.26 Å². The second-order valence-electron chi connectivity index (χ2n) is 5.56. The molecule has 5 heteroatoms. The molecule has 1 aliphatic heterocycles. The molecule has 0 radical (unpaired) electrons. The number of thiazole rings is 1. The monoisotopic (exact) mass is 298 g/mol. The van der Waals surface area contributed by atoms with Crippen molar-refractivity contribution in [1.29, 1.82) is 5.26 Å². The summed E-state index contributed by atoms with van der Waals surface area (Å²) >= 11 is 1.75. The van der Waals surface area contributed by atoms with Crippen LogP contribution in [0.3, 0.4) is 0 Å². The molecule has 1 fully saturated rings. The van der Waals surface area contributed by atoms with E-state index in [0.29, 0.717) is 11.6 Å². The highest BCUT2D eigenvalue weighted by Crippen LogP contribution is 2.31. The van der Waals surface area contributed by atoms with Gasteiger partial charge >= 0.3 is 0 Å². The van der Waals surface area contributed by atoms with Crippen molar-refractivity contribution in [3.05, 3.63) is 39.5 Å². The maximum Gasteiger partial charge on any atom is 0.145 e. The molecular formula is C16H18N4S. The van der Waals surface area contributed by atoms with Crippen LogP contribution in [0.2, 0.25) is 0 Å². The van der Waals surface area contributed by atoms with E-state index < -0.39 is 0 Å². The normalized spacial score (nSPS) is 18.5. The number of hydrogen-bond donors (Lipinski definition) is 0. The fraction of sp³-hybridized carbons (Fsp3) is 0.438. The van der Waals surface area contributed by atoms with Gasteiger partial charge in [0.25, 0.3) is 0 Å². The van der Waals surface area contributed by atoms with E-state index in [0.717, 1.165) is 36.6 Å². The summed E-state index contributed by atoms with van der Waals surface area (Å²) in [7, 11) is 0. The van der Waals surface area contributed by atoms with Crippen molar-refractivity contribution in [1.82, 2.24) is 9.97 Å². The molecule has 3 heterocycles. The molecule has 0 N–H and O–H groups in total. The second-order valence-corrected chi connectivity index (χ2v) is 6.45. The van der Waals surface area contributed by atoms with Gasteiger partial charge in [-0.15, -0.1) is 11.3 Å². The van der Waals surface area contributed by atoms with Gasteiger partial charge in [-0.25, -0.2) is 9.97 Å². The Morgan fingerprint density at radius 1 is 1.33 bits per heavy atom. The maximum atomic E-state index is 9.13. The first-order valence-electron chi connectivity index (χ1n) is 7.22. The molecule has 108 valence electrons. The number of rotatable bonds is 2. The highest BCUT2D eigenvalue weighted by atomic mass is 32.1. The first-order valence-corrected chi connectivity index (χ1v) is 8.10. The van der Waals surface area contributed by atoms with Crippen LogP contribution in [0, 0.1) is 25.2 Å². The smallest absolute Gasteiger partial charge is 0.145 e. The third kappa shape index (κ3) is 2.91. The maximum absolute atomic E-state index is 9.13. The Kier molecular flexibility index (Phi) is 3.89. The Balaban J connectivity index is 1.81. The molecule has 0 saturated carbocycles. The van der Waals surface area contributed by atoms with Gasteiger partial charge in [-0.05, 0) is 38.3 Å². The zero-order valence-corrected chi connectivity index (χ0v) is 13.2. The second kappa shape index (κ2) is 5.82. The molecule has 1 unspecified atom stereocenters. The van der Waals surface area contributed by atoms with Gasteiger partial charge in [-0.1, -0.05) is 6.07 Å². The third-order valence-electron chi connectivity index (χ3n) is 3.92. The van der Waals surface area contributed by atoms with Gasteiger partial charge in [0.1, 0.15) is 17.6 Å². The van der Waals surface area contributed by atoms with Crippen molar-refractivity contribution >= 4 is 17.2 Å². The standard InChI is InChI=1S/C16H18N4S/c1-11-5-6-15(19-14(11)8-17)20-7-3-4-13(9-20)16-18-12(2)10-21-16/h5-6,10,13H,3-4,7,9H2,1-2H3. The van der Waals surface area contributed by atoms with Gasteiger partial charge in [0.15, 0.2) is 0 Å². The topological polar surface area (TPSA) is 52.8 Å². The SMILES string of the molecule is Cc1csc(C2CCCN(c3ccc(C)c(C#N)n3)C2)n1. The van der Waals surface area contributed by atoms with Crippen LogP contribution in [0.15, 0.2) is 17.5 Å². The number of aryl methyl sites for hydroxylation is 2. The van der Waals surface area contributed by atoms with Crippen molar-refractivity contribution in [2.45, 2.75) is 32.6 Å². The summed E-state index contributed by atoms with van der Waals surface area (Å²) in [5, 5.41) is 12.5. The summed E-state index contributed by atoms with van der Waals surface area (Å²) in [6.07, 6.45) is 2.32. The van der Waals surface area contributed by atoms with Crippen LogP contribution >= 0.6 is 11.3 Å². The van der Waals surface area contributed by atoms with E-state index in [-0.39, 0.29) is 0 Å². The lowest BCUT2D eigenvalue weighted by Gasteiger charge is -2.32. The Morgan fingerprint density at radius 3 is 2.90 bits per heavy atom. The van der Waals surface area contributed by atoms with E-state index in [1.807, 2.05) is 26.0 Å². The Bertz CT molecular complexity index is 686.